The van der Waals surface area contributed by atoms with Gasteiger partial charge in [-0.05, 0) is 19.2 Å². The minimum Gasteiger partial charge on any atom is -0.294 e. The van der Waals surface area contributed by atoms with Crippen molar-refractivity contribution < 1.29 is 4.79 Å². The van der Waals surface area contributed by atoms with Crippen molar-refractivity contribution in [1.82, 2.24) is 0 Å². The van der Waals surface area contributed by atoms with Crippen LogP contribution in [0.25, 0.3) is 10.1 Å². The van der Waals surface area contributed by atoms with Crippen LogP contribution in [0.3, 0.4) is 0 Å². The highest BCUT2D eigenvalue weighted by molar-refractivity contribution is 7.99. The Kier molecular flexibility index (Phi) is 2.61. The number of hydrogen-bond donors (Lipinski definition) is 0. The molecular weight excluding hydrogens is 212 g/mol. The number of rotatable bonds is 2. The van der Waals surface area contributed by atoms with Gasteiger partial charge >= 0.3 is 0 Å². The third-order valence-electron chi connectivity index (χ3n) is 2.07. The van der Waals surface area contributed by atoms with Gasteiger partial charge in [0, 0.05) is 15.0 Å². The molecule has 0 saturated carbocycles. The van der Waals surface area contributed by atoms with Crippen molar-refractivity contribution in [3.05, 3.63) is 29.1 Å². The Morgan fingerprint density at radius 1 is 1.36 bits per heavy atom. The summed E-state index contributed by atoms with van der Waals surface area (Å²) in [4.78, 5) is 13.4. The van der Waals surface area contributed by atoms with Gasteiger partial charge in [-0.25, -0.2) is 0 Å². The summed E-state index contributed by atoms with van der Waals surface area (Å²) in [6.45, 7) is 1.63. The van der Waals surface area contributed by atoms with E-state index in [2.05, 4.69) is 12.1 Å². The number of benzene rings is 1. The monoisotopic (exact) mass is 222 g/mol. The van der Waals surface area contributed by atoms with E-state index in [0.717, 1.165) is 9.77 Å². The molecule has 1 heterocycles. The predicted octanol–water partition coefficient (Wildman–Crippen LogP) is 3.83. The molecule has 0 N–H and O–H groups in total. The molecule has 2 aromatic rings. The maximum absolute atomic E-state index is 11.4. The fourth-order valence-corrected chi connectivity index (χ4v) is 3.62. The van der Waals surface area contributed by atoms with Crippen LogP contribution in [0, 0.1) is 0 Å². The molecule has 0 radical (unpaired) electrons. The maximum Gasteiger partial charge on any atom is 0.170 e. The lowest BCUT2D eigenvalue weighted by molar-refractivity contribution is 0.101. The number of fused-ring (bicyclic) bond motifs is 1. The molecule has 0 amide bonds. The highest BCUT2D eigenvalue weighted by Crippen LogP contribution is 2.37. The Balaban J connectivity index is 2.78. The first-order valence-corrected chi connectivity index (χ1v) is 6.34. The van der Waals surface area contributed by atoms with E-state index in [4.69, 9.17) is 0 Å². The van der Waals surface area contributed by atoms with Crippen molar-refractivity contribution in [2.75, 3.05) is 6.26 Å². The molecule has 72 valence electrons. The standard InChI is InChI=1S/C11H10OS2/c1-7(12)10-11(13-2)8-5-3-4-6-9(8)14-10/h3-6H,1-2H3. The van der Waals surface area contributed by atoms with Crippen molar-refractivity contribution in [1.29, 1.82) is 0 Å². The molecule has 0 atom stereocenters. The predicted molar refractivity (Wildman–Crippen MR) is 63.6 cm³/mol. The number of Topliss-reactive ketones (excluding diaryl/α,β-unsaturated/α-hetero) is 1. The van der Waals surface area contributed by atoms with Crippen LogP contribution in [-0.4, -0.2) is 12.0 Å². The van der Waals surface area contributed by atoms with Crippen LogP contribution in [-0.2, 0) is 0 Å². The van der Waals surface area contributed by atoms with E-state index in [1.807, 2.05) is 18.4 Å². The second-order valence-corrected chi connectivity index (χ2v) is 4.89. The van der Waals surface area contributed by atoms with Gasteiger partial charge in [-0.15, -0.1) is 23.1 Å². The van der Waals surface area contributed by atoms with Crippen LogP contribution in [0.15, 0.2) is 29.2 Å². The van der Waals surface area contributed by atoms with Gasteiger partial charge in [0.1, 0.15) is 0 Å². The molecule has 0 aliphatic rings. The molecule has 0 fully saturated rings. The quantitative estimate of drug-likeness (QED) is 0.567. The zero-order valence-corrected chi connectivity index (χ0v) is 9.67. The molecule has 0 aliphatic heterocycles. The molecule has 1 nitrogen and oxygen atoms in total. The number of carbonyl (C=O) groups is 1. The fourth-order valence-electron chi connectivity index (χ4n) is 1.46. The lowest BCUT2D eigenvalue weighted by Gasteiger charge is -1.95. The first-order valence-electron chi connectivity index (χ1n) is 4.30. The second kappa shape index (κ2) is 3.75. The van der Waals surface area contributed by atoms with E-state index >= 15 is 0 Å². The van der Waals surface area contributed by atoms with Crippen LogP contribution in [0.2, 0.25) is 0 Å². The van der Waals surface area contributed by atoms with E-state index < -0.39 is 0 Å². The van der Waals surface area contributed by atoms with Gasteiger partial charge in [-0.1, -0.05) is 18.2 Å². The van der Waals surface area contributed by atoms with Crippen molar-refractivity contribution >= 4 is 39.0 Å². The summed E-state index contributed by atoms with van der Waals surface area (Å²) in [5.74, 6) is 0.163. The van der Waals surface area contributed by atoms with Gasteiger partial charge in [0.05, 0.1) is 4.88 Å². The molecule has 2 rings (SSSR count). The Morgan fingerprint density at radius 3 is 2.71 bits per heavy atom. The molecule has 0 aliphatic carbocycles. The molecule has 0 spiro atoms. The summed E-state index contributed by atoms with van der Waals surface area (Å²) in [7, 11) is 0. The van der Waals surface area contributed by atoms with Crippen LogP contribution >= 0.6 is 23.1 Å². The Hall–Kier alpha value is -0.800. The van der Waals surface area contributed by atoms with Gasteiger partial charge in [0.25, 0.3) is 0 Å². The molecule has 14 heavy (non-hydrogen) atoms. The van der Waals surface area contributed by atoms with Gasteiger partial charge in [-0.2, -0.15) is 0 Å². The fraction of sp³-hybridized carbons (Fsp3) is 0.182. The van der Waals surface area contributed by atoms with E-state index in [-0.39, 0.29) is 5.78 Å². The molecule has 1 aromatic carbocycles. The van der Waals surface area contributed by atoms with E-state index in [0.29, 0.717) is 0 Å². The third-order valence-corrected chi connectivity index (χ3v) is 4.31. The number of carbonyl (C=O) groups excluding carboxylic acids is 1. The summed E-state index contributed by atoms with van der Waals surface area (Å²) >= 11 is 3.24. The largest absolute Gasteiger partial charge is 0.294 e. The number of thioether (sulfide) groups is 1. The van der Waals surface area contributed by atoms with Gasteiger partial charge in [0.2, 0.25) is 0 Å². The molecule has 3 heteroatoms. The minimum atomic E-state index is 0.163. The summed E-state index contributed by atoms with van der Waals surface area (Å²) in [6, 6.07) is 8.15. The Bertz CT molecular complexity index is 485. The topological polar surface area (TPSA) is 17.1 Å². The molecular formula is C11H10OS2. The zero-order valence-electron chi connectivity index (χ0n) is 8.03. The number of ketones is 1. The SMILES string of the molecule is CSc1c(C(C)=O)sc2ccccc12. The second-order valence-electron chi connectivity index (χ2n) is 3.02. The van der Waals surface area contributed by atoms with Crippen LogP contribution in [0.1, 0.15) is 16.6 Å². The molecule has 0 saturated heterocycles. The van der Waals surface area contributed by atoms with Crippen molar-refractivity contribution in [3.8, 4) is 0 Å². The van der Waals surface area contributed by atoms with E-state index in [9.17, 15) is 4.79 Å². The lowest BCUT2D eigenvalue weighted by Crippen LogP contribution is -1.87. The first kappa shape index (κ1) is 9.74. The van der Waals surface area contributed by atoms with Gasteiger partial charge in [-0.3, -0.25) is 4.79 Å². The average molecular weight is 222 g/mol. The zero-order chi connectivity index (χ0) is 10.1. The Morgan fingerprint density at radius 2 is 2.07 bits per heavy atom. The average Bonchev–Trinajstić information content (AvgIpc) is 2.56. The number of hydrogen-bond acceptors (Lipinski definition) is 3. The Labute approximate surface area is 91.1 Å². The van der Waals surface area contributed by atoms with Gasteiger partial charge in [0.15, 0.2) is 5.78 Å². The first-order chi connectivity index (χ1) is 6.74. The summed E-state index contributed by atoms with van der Waals surface area (Å²) in [6.07, 6.45) is 2.01. The normalized spacial score (nSPS) is 10.7. The molecule has 0 bridgehead atoms. The lowest BCUT2D eigenvalue weighted by atomic mass is 10.2. The van der Waals surface area contributed by atoms with Crippen LogP contribution in [0.5, 0.6) is 0 Å². The highest BCUT2D eigenvalue weighted by atomic mass is 32.2. The van der Waals surface area contributed by atoms with Crippen LogP contribution < -0.4 is 0 Å². The number of thiophene rings is 1. The van der Waals surface area contributed by atoms with Crippen molar-refractivity contribution in [2.45, 2.75) is 11.8 Å². The van der Waals surface area contributed by atoms with Gasteiger partial charge < -0.3 is 0 Å². The maximum atomic E-state index is 11.4. The van der Waals surface area contributed by atoms with Crippen molar-refractivity contribution in [2.24, 2.45) is 0 Å². The third kappa shape index (κ3) is 1.47. The van der Waals surface area contributed by atoms with E-state index in [1.54, 1.807) is 30.0 Å². The summed E-state index contributed by atoms with van der Waals surface area (Å²) < 4.78 is 1.20. The minimum absolute atomic E-state index is 0.163. The van der Waals surface area contributed by atoms with Crippen molar-refractivity contribution in [3.63, 3.8) is 0 Å². The van der Waals surface area contributed by atoms with E-state index in [1.165, 1.54) is 10.1 Å². The highest BCUT2D eigenvalue weighted by Gasteiger charge is 2.13. The summed E-state index contributed by atoms with van der Waals surface area (Å²) in [5.41, 5.74) is 0. The van der Waals surface area contributed by atoms with Crippen LogP contribution in [0.4, 0.5) is 0 Å². The molecule has 0 unspecified atom stereocenters. The summed E-state index contributed by atoms with van der Waals surface area (Å²) in [5, 5.41) is 1.20. The smallest absolute Gasteiger partial charge is 0.170 e. The molecule has 1 aromatic heterocycles.